The number of imide groups is 1. The Morgan fingerprint density at radius 3 is 2.26 bits per heavy atom. The summed E-state index contributed by atoms with van der Waals surface area (Å²) in [7, 11) is 0. The third kappa shape index (κ3) is 4.19. The van der Waals surface area contributed by atoms with Crippen molar-refractivity contribution in [2.75, 3.05) is 6.54 Å². The van der Waals surface area contributed by atoms with Crippen molar-refractivity contribution in [1.82, 2.24) is 14.7 Å². The lowest BCUT2D eigenvalue weighted by Gasteiger charge is -2.27. The topological polar surface area (TPSA) is 59.1 Å². The lowest BCUT2D eigenvalue weighted by atomic mass is 9.94. The van der Waals surface area contributed by atoms with Gasteiger partial charge in [-0.05, 0) is 48.9 Å². The van der Waals surface area contributed by atoms with E-state index in [0.717, 1.165) is 29.7 Å². The number of hydrogen-bond donors (Lipinski definition) is 0. The van der Waals surface area contributed by atoms with Gasteiger partial charge in [0.1, 0.15) is 18.2 Å². The molecule has 172 valence electrons. The van der Waals surface area contributed by atoms with Gasteiger partial charge in [0.2, 0.25) is 6.33 Å². The number of unbranched alkanes of at least 4 members (excludes halogenated alkanes) is 2. The summed E-state index contributed by atoms with van der Waals surface area (Å²) in [6, 6.07) is 14.6. The summed E-state index contributed by atoms with van der Waals surface area (Å²) in [5, 5.41) is 5.92. The molecule has 4 aromatic rings. The van der Waals surface area contributed by atoms with Crippen LogP contribution in [0.1, 0.15) is 45.5 Å². The molecule has 0 fully saturated rings. The van der Waals surface area contributed by atoms with E-state index >= 15 is 0 Å². The van der Waals surface area contributed by atoms with Crippen molar-refractivity contribution in [2.24, 2.45) is 0 Å². The zero-order chi connectivity index (χ0) is 23.7. The Hall–Kier alpha value is -3.94. The van der Waals surface area contributed by atoms with Gasteiger partial charge in [0.15, 0.2) is 0 Å². The summed E-state index contributed by atoms with van der Waals surface area (Å²) in [6.07, 6.45) is 5.70. The highest BCUT2D eigenvalue weighted by molar-refractivity contribution is 6.25. The van der Waals surface area contributed by atoms with Gasteiger partial charge in [-0.3, -0.25) is 14.5 Å². The second-order valence-corrected chi connectivity index (χ2v) is 8.45. The van der Waals surface area contributed by atoms with Crippen LogP contribution in [0.5, 0.6) is 0 Å². The summed E-state index contributed by atoms with van der Waals surface area (Å²) in [5.41, 5.74) is 1.54. The molecule has 6 nitrogen and oxygen atoms in total. The maximum Gasteiger partial charge on any atom is 0.265 e. The highest BCUT2D eigenvalue weighted by Gasteiger charge is 2.32. The Morgan fingerprint density at radius 2 is 1.56 bits per heavy atom. The van der Waals surface area contributed by atoms with Crippen molar-refractivity contribution < 1.29 is 22.9 Å². The van der Waals surface area contributed by atoms with E-state index in [1.54, 1.807) is 34.0 Å². The van der Waals surface area contributed by atoms with E-state index in [1.165, 1.54) is 17.0 Å². The van der Waals surface area contributed by atoms with Crippen LogP contribution in [-0.2, 0) is 13.1 Å². The Balaban J connectivity index is 1.14. The standard InChI is InChI=1S/C26H23F2N4O2/c27-20-11-10-19(23(28)14-20)15-30-16-29-31(17-30)12-2-1-3-13-32-25(33)21-8-4-6-18-7-5-9-22(24(18)21)26(32)34/h4-11,14,16-17H,1-3,12-13,15H2/q+1. The Kier molecular flexibility index (Phi) is 5.88. The number of benzene rings is 3. The molecule has 8 heteroatoms. The fourth-order valence-corrected chi connectivity index (χ4v) is 4.41. The lowest BCUT2D eigenvalue weighted by molar-refractivity contribution is -0.689. The lowest BCUT2D eigenvalue weighted by Crippen LogP contribution is -2.40. The largest absolute Gasteiger partial charge is 0.274 e. The van der Waals surface area contributed by atoms with Crippen molar-refractivity contribution in [2.45, 2.75) is 32.4 Å². The van der Waals surface area contributed by atoms with Crippen LogP contribution in [0.15, 0.2) is 67.3 Å². The molecule has 0 radical (unpaired) electrons. The normalized spacial score (nSPS) is 13.2. The number of rotatable bonds is 8. The number of nitrogens with zero attached hydrogens (tertiary/aromatic N) is 4. The van der Waals surface area contributed by atoms with Crippen LogP contribution in [0.25, 0.3) is 10.8 Å². The minimum absolute atomic E-state index is 0.240. The minimum atomic E-state index is -0.601. The maximum absolute atomic E-state index is 13.9. The van der Waals surface area contributed by atoms with Crippen LogP contribution in [0, 0.1) is 11.6 Å². The van der Waals surface area contributed by atoms with Gasteiger partial charge in [-0.2, -0.15) is 0 Å². The Bertz CT molecular complexity index is 1350. The SMILES string of the molecule is O=C1c2cccc3cccc(c23)C(=O)N1CCCCCn1c[n+](Cc2ccc(F)cc2F)cn1. The molecule has 0 atom stereocenters. The van der Waals surface area contributed by atoms with Gasteiger partial charge >= 0.3 is 0 Å². The molecule has 3 aromatic carbocycles. The van der Waals surface area contributed by atoms with E-state index in [4.69, 9.17) is 0 Å². The molecule has 0 N–H and O–H groups in total. The second-order valence-electron chi connectivity index (χ2n) is 8.45. The monoisotopic (exact) mass is 461 g/mol. The summed E-state index contributed by atoms with van der Waals surface area (Å²) >= 11 is 0. The quantitative estimate of drug-likeness (QED) is 0.225. The first-order valence-electron chi connectivity index (χ1n) is 11.2. The molecule has 34 heavy (non-hydrogen) atoms. The molecule has 1 aromatic heterocycles. The van der Waals surface area contributed by atoms with Crippen LogP contribution in [0.3, 0.4) is 0 Å². The first-order chi connectivity index (χ1) is 16.5. The number of carbonyl (C=O) groups excluding carboxylic acids is 2. The number of carbonyl (C=O) groups is 2. The smallest absolute Gasteiger partial charge is 0.265 e. The van der Waals surface area contributed by atoms with E-state index in [9.17, 15) is 18.4 Å². The van der Waals surface area contributed by atoms with Gasteiger partial charge in [0.05, 0.1) is 6.54 Å². The molecule has 0 saturated heterocycles. The summed E-state index contributed by atoms with van der Waals surface area (Å²) in [5.74, 6) is -1.66. The van der Waals surface area contributed by atoms with Crippen molar-refractivity contribution >= 4 is 22.6 Å². The first kappa shape index (κ1) is 21.9. The molecule has 5 rings (SSSR count). The summed E-state index contributed by atoms with van der Waals surface area (Å²) < 4.78 is 30.4. The van der Waals surface area contributed by atoms with Gasteiger partial charge in [-0.1, -0.05) is 24.3 Å². The van der Waals surface area contributed by atoms with Crippen LogP contribution in [0.4, 0.5) is 8.78 Å². The average molecular weight is 461 g/mol. The molecule has 1 aliphatic heterocycles. The average Bonchev–Trinajstić information content (AvgIpc) is 3.28. The van der Waals surface area contributed by atoms with Gasteiger partial charge < -0.3 is 0 Å². The van der Waals surface area contributed by atoms with Gasteiger partial charge in [-0.25, -0.2) is 13.3 Å². The van der Waals surface area contributed by atoms with Crippen LogP contribution in [0.2, 0.25) is 0 Å². The predicted octanol–water partition coefficient (Wildman–Crippen LogP) is 4.12. The zero-order valence-corrected chi connectivity index (χ0v) is 18.5. The minimum Gasteiger partial charge on any atom is -0.274 e. The highest BCUT2D eigenvalue weighted by Crippen LogP contribution is 2.30. The molecule has 0 aliphatic carbocycles. The first-order valence-corrected chi connectivity index (χ1v) is 11.2. The molecular weight excluding hydrogens is 438 g/mol. The van der Waals surface area contributed by atoms with Gasteiger partial charge in [-0.15, -0.1) is 4.68 Å². The predicted molar refractivity (Wildman–Crippen MR) is 121 cm³/mol. The van der Waals surface area contributed by atoms with Crippen molar-refractivity contribution in [3.63, 3.8) is 0 Å². The third-order valence-corrected chi connectivity index (χ3v) is 6.12. The number of hydrogen-bond acceptors (Lipinski definition) is 3. The summed E-state index contributed by atoms with van der Waals surface area (Å²) in [4.78, 5) is 27.2. The molecule has 1 aliphatic rings. The summed E-state index contributed by atoms with van der Waals surface area (Å²) in [6.45, 7) is 1.29. The van der Waals surface area contributed by atoms with Crippen LogP contribution in [-0.4, -0.2) is 33.0 Å². The molecule has 2 heterocycles. The van der Waals surface area contributed by atoms with E-state index in [-0.39, 0.29) is 18.4 Å². The molecule has 0 unspecified atom stereocenters. The molecule has 2 amide bonds. The van der Waals surface area contributed by atoms with Crippen LogP contribution >= 0.6 is 0 Å². The number of halogens is 2. The Morgan fingerprint density at radius 1 is 0.853 bits per heavy atom. The van der Waals surface area contributed by atoms with Crippen LogP contribution < -0.4 is 4.57 Å². The number of amides is 2. The van der Waals surface area contributed by atoms with Crippen molar-refractivity contribution in [1.29, 1.82) is 0 Å². The third-order valence-electron chi connectivity index (χ3n) is 6.12. The van der Waals surface area contributed by atoms with E-state index in [2.05, 4.69) is 5.10 Å². The molecule has 0 bridgehead atoms. The Labute approximate surface area is 195 Å². The van der Waals surface area contributed by atoms with Gasteiger partial charge in [0, 0.05) is 39.8 Å². The fourth-order valence-electron chi connectivity index (χ4n) is 4.41. The van der Waals surface area contributed by atoms with Crippen molar-refractivity contribution in [3.8, 4) is 0 Å². The second kappa shape index (κ2) is 9.13. The van der Waals surface area contributed by atoms with Crippen molar-refractivity contribution in [3.05, 3.63) is 95.6 Å². The maximum atomic E-state index is 13.9. The van der Waals surface area contributed by atoms with E-state index in [1.807, 2.05) is 24.3 Å². The number of aromatic nitrogens is 3. The van der Waals surface area contributed by atoms with E-state index in [0.29, 0.717) is 36.2 Å². The molecule has 0 saturated carbocycles. The van der Waals surface area contributed by atoms with E-state index < -0.39 is 11.6 Å². The zero-order valence-electron chi connectivity index (χ0n) is 18.5. The molecular formula is C26H23F2N4O2+. The fraction of sp³-hybridized carbons (Fsp3) is 0.231. The molecule has 0 spiro atoms. The van der Waals surface area contributed by atoms with Gasteiger partial charge in [0.25, 0.3) is 18.1 Å². The highest BCUT2D eigenvalue weighted by atomic mass is 19.1. The number of aryl methyl sites for hydroxylation is 1.